The van der Waals surface area contributed by atoms with E-state index in [0.717, 1.165) is 12.0 Å². The van der Waals surface area contributed by atoms with Crippen molar-refractivity contribution in [1.29, 1.82) is 0 Å². The number of ether oxygens (including phenoxy) is 1. The number of benzene rings is 2. The smallest absolute Gasteiger partial charge is 0.308 e. The molecule has 0 amide bonds. The molecule has 0 aromatic heterocycles. The van der Waals surface area contributed by atoms with Gasteiger partial charge in [0.25, 0.3) is 0 Å². The van der Waals surface area contributed by atoms with Gasteiger partial charge in [-0.2, -0.15) is 0 Å². The summed E-state index contributed by atoms with van der Waals surface area (Å²) < 4.78 is 5.62. The number of esters is 1. The Kier molecular flexibility index (Phi) is 7.48. The summed E-state index contributed by atoms with van der Waals surface area (Å²) in [5, 5.41) is 11.1. The maximum Gasteiger partial charge on any atom is 0.308 e. The first-order valence-corrected chi connectivity index (χ1v) is 9.01. The number of aliphatic hydroxyl groups excluding tert-OH is 1. The number of halogens is 1. The second-order valence-corrected chi connectivity index (χ2v) is 6.98. The third-order valence-electron chi connectivity index (χ3n) is 4.09. The first kappa shape index (κ1) is 19.5. The van der Waals surface area contributed by atoms with Crippen molar-refractivity contribution in [2.45, 2.75) is 45.3 Å². The lowest BCUT2D eigenvalue weighted by atomic mass is 9.98. The Hall–Kier alpha value is -1.84. The van der Waals surface area contributed by atoms with E-state index in [1.54, 1.807) is 24.3 Å². The molecule has 0 heterocycles. The molecule has 0 saturated carbocycles. The van der Waals surface area contributed by atoms with Gasteiger partial charge in [0, 0.05) is 11.4 Å². The van der Waals surface area contributed by atoms with E-state index < -0.39 is 6.10 Å². The Morgan fingerprint density at radius 2 is 1.72 bits per heavy atom. The molecule has 2 aromatic rings. The Labute approximate surface area is 154 Å². The zero-order chi connectivity index (χ0) is 18.2. The molecule has 2 aromatic carbocycles. The summed E-state index contributed by atoms with van der Waals surface area (Å²) in [6, 6.07) is 17.2. The fourth-order valence-electron chi connectivity index (χ4n) is 2.57. The molecule has 2 rings (SSSR count). The minimum Gasteiger partial charge on any atom is -0.462 e. The molecule has 0 aliphatic rings. The van der Waals surface area contributed by atoms with Crippen molar-refractivity contribution in [3.8, 4) is 0 Å². The standard InChI is InChI=1S/C21H25ClO3/c1-15(2)21(24)25-19(13-8-16-6-4-3-5-7-16)14-20(23)17-9-11-18(22)12-10-17/h3-7,9-12,15,19-20,23H,8,13-14H2,1-2H3. The van der Waals surface area contributed by atoms with Gasteiger partial charge in [-0.05, 0) is 36.1 Å². The highest BCUT2D eigenvalue weighted by Gasteiger charge is 2.21. The Balaban J connectivity index is 2.02. The fourth-order valence-corrected chi connectivity index (χ4v) is 2.69. The summed E-state index contributed by atoms with van der Waals surface area (Å²) in [4.78, 5) is 12.0. The molecule has 1 N–H and O–H groups in total. The SMILES string of the molecule is CC(C)C(=O)OC(CCc1ccccc1)CC(O)c1ccc(Cl)cc1. The number of aryl methyl sites for hydroxylation is 1. The maximum atomic E-state index is 12.0. The third kappa shape index (κ3) is 6.52. The first-order chi connectivity index (χ1) is 12.0. The van der Waals surface area contributed by atoms with Crippen molar-refractivity contribution < 1.29 is 14.6 Å². The summed E-state index contributed by atoms with van der Waals surface area (Å²) in [5.74, 6) is -0.423. The molecular formula is C21H25ClO3. The lowest BCUT2D eigenvalue weighted by Crippen LogP contribution is -2.24. The number of carbonyl (C=O) groups is 1. The van der Waals surface area contributed by atoms with E-state index >= 15 is 0 Å². The van der Waals surface area contributed by atoms with Crippen molar-refractivity contribution in [3.05, 3.63) is 70.7 Å². The molecule has 0 aliphatic heterocycles. The second-order valence-electron chi connectivity index (χ2n) is 6.54. The predicted molar refractivity (Wildman–Crippen MR) is 101 cm³/mol. The lowest BCUT2D eigenvalue weighted by molar-refractivity contribution is -0.154. The molecule has 0 radical (unpaired) electrons. The fraction of sp³-hybridized carbons (Fsp3) is 0.381. The second kappa shape index (κ2) is 9.59. The van der Waals surface area contributed by atoms with Crippen molar-refractivity contribution in [2.24, 2.45) is 5.92 Å². The van der Waals surface area contributed by atoms with Crippen molar-refractivity contribution >= 4 is 17.6 Å². The number of aliphatic hydroxyl groups is 1. The van der Waals surface area contributed by atoms with Crippen LogP contribution in [0.3, 0.4) is 0 Å². The number of rotatable bonds is 8. The molecule has 3 nitrogen and oxygen atoms in total. The molecule has 25 heavy (non-hydrogen) atoms. The maximum absolute atomic E-state index is 12.0. The average Bonchev–Trinajstić information content (AvgIpc) is 2.61. The molecule has 0 saturated heterocycles. The van der Waals surface area contributed by atoms with Gasteiger partial charge in [-0.25, -0.2) is 0 Å². The molecule has 0 bridgehead atoms. The highest BCUT2D eigenvalue weighted by Crippen LogP contribution is 2.24. The van der Waals surface area contributed by atoms with Crippen LogP contribution in [0.2, 0.25) is 5.02 Å². The minimum absolute atomic E-state index is 0.188. The Morgan fingerprint density at radius 3 is 2.32 bits per heavy atom. The number of hydrogen-bond donors (Lipinski definition) is 1. The van der Waals surface area contributed by atoms with Crippen LogP contribution in [-0.2, 0) is 16.0 Å². The van der Waals surface area contributed by atoms with E-state index in [2.05, 4.69) is 12.1 Å². The van der Waals surface area contributed by atoms with Crippen LogP contribution >= 0.6 is 11.6 Å². The normalized spacial score (nSPS) is 13.5. The lowest BCUT2D eigenvalue weighted by Gasteiger charge is -2.22. The van der Waals surface area contributed by atoms with E-state index in [4.69, 9.17) is 16.3 Å². The van der Waals surface area contributed by atoms with Crippen LogP contribution in [0.15, 0.2) is 54.6 Å². The topological polar surface area (TPSA) is 46.5 Å². The van der Waals surface area contributed by atoms with Gasteiger partial charge >= 0.3 is 5.97 Å². The molecule has 134 valence electrons. The van der Waals surface area contributed by atoms with Crippen LogP contribution < -0.4 is 0 Å². The molecule has 2 unspecified atom stereocenters. The van der Waals surface area contributed by atoms with E-state index in [9.17, 15) is 9.90 Å². The number of carbonyl (C=O) groups excluding carboxylic acids is 1. The average molecular weight is 361 g/mol. The summed E-state index contributed by atoms with van der Waals surface area (Å²) >= 11 is 5.89. The molecule has 4 heteroatoms. The van der Waals surface area contributed by atoms with Crippen LogP contribution in [-0.4, -0.2) is 17.2 Å². The zero-order valence-corrected chi connectivity index (χ0v) is 15.4. The van der Waals surface area contributed by atoms with E-state index in [1.165, 1.54) is 5.56 Å². The van der Waals surface area contributed by atoms with Gasteiger partial charge in [0.05, 0.1) is 12.0 Å². The van der Waals surface area contributed by atoms with Gasteiger partial charge in [0.1, 0.15) is 6.10 Å². The molecule has 0 spiro atoms. The van der Waals surface area contributed by atoms with Gasteiger partial charge in [-0.3, -0.25) is 4.79 Å². The predicted octanol–water partition coefficient (Wildman–Crippen LogP) is 4.96. The molecular weight excluding hydrogens is 336 g/mol. The largest absolute Gasteiger partial charge is 0.462 e. The van der Waals surface area contributed by atoms with Gasteiger partial charge in [0.15, 0.2) is 0 Å². The highest BCUT2D eigenvalue weighted by molar-refractivity contribution is 6.30. The van der Waals surface area contributed by atoms with Crippen LogP contribution in [0.25, 0.3) is 0 Å². The molecule has 0 aliphatic carbocycles. The van der Waals surface area contributed by atoms with Crippen molar-refractivity contribution in [1.82, 2.24) is 0 Å². The van der Waals surface area contributed by atoms with E-state index in [1.807, 2.05) is 32.0 Å². The van der Waals surface area contributed by atoms with Gasteiger partial charge in [0.2, 0.25) is 0 Å². The number of hydrogen-bond acceptors (Lipinski definition) is 3. The summed E-state index contributed by atoms with van der Waals surface area (Å²) in [6.07, 6.45) is 0.809. The summed E-state index contributed by atoms with van der Waals surface area (Å²) in [6.45, 7) is 3.62. The highest BCUT2D eigenvalue weighted by atomic mass is 35.5. The Morgan fingerprint density at radius 1 is 1.08 bits per heavy atom. The summed E-state index contributed by atoms with van der Waals surface area (Å²) in [7, 11) is 0. The molecule has 2 atom stereocenters. The van der Waals surface area contributed by atoms with Gasteiger partial charge in [-0.1, -0.05) is 67.9 Å². The summed E-state index contributed by atoms with van der Waals surface area (Å²) in [5.41, 5.74) is 1.96. The van der Waals surface area contributed by atoms with E-state index in [-0.39, 0.29) is 18.0 Å². The van der Waals surface area contributed by atoms with Crippen molar-refractivity contribution in [3.63, 3.8) is 0 Å². The Bertz CT molecular complexity index is 653. The van der Waals surface area contributed by atoms with Crippen LogP contribution in [0.5, 0.6) is 0 Å². The van der Waals surface area contributed by atoms with Crippen LogP contribution in [0.4, 0.5) is 0 Å². The third-order valence-corrected chi connectivity index (χ3v) is 4.34. The van der Waals surface area contributed by atoms with Crippen LogP contribution in [0.1, 0.15) is 43.9 Å². The molecule has 0 fully saturated rings. The quantitative estimate of drug-likeness (QED) is 0.676. The zero-order valence-electron chi connectivity index (χ0n) is 14.7. The van der Waals surface area contributed by atoms with Gasteiger partial charge in [-0.15, -0.1) is 0 Å². The van der Waals surface area contributed by atoms with Crippen LogP contribution in [0, 0.1) is 5.92 Å². The van der Waals surface area contributed by atoms with Crippen molar-refractivity contribution in [2.75, 3.05) is 0 Å². The van der Waals surface area contributed by atoms with E-state index in [0.29, 0.717) is 17.9 Å². The minimum atomic E-state index is -0.696. The van der Waals surface area contributed by atoms with Gasteiger partial charge < -0.3 is 9.84 Å². The first-order valence-electron chi connectivity index (χ1n) is 8.63. The monoisotopic (exact) mass is 360 g/mol.